The van der Waals surface area contributed by atoms with Crippen molar-refractivity contribution in [1.29, 1.82) is 0 Å². The first-order chi connectivity index (χ1) is 9.84. The molecule has 0 aliphatic carbocycles. The van der Waals surface area contributed by atoms with E-state index in [1.54, 1.807) is 18.2 Å². The summed E-state index contributed by atoms with van der Waals surface area (Å²) < 4.78 is 14.2. The Bertz CT molecular complexity index is 614. The maximum Gasteiger partial charge on any atom is 0.146 e. The number of hydrogen-bond acceptors (Lipinski definition) is 1. The van der Waals surface area contributed by atoms with Crippen LogP contribution in [0.15, 0.2) is 42.5 Å². The molecule has 2 aromatic rings. The maximum absolute atomic E-state index is 14.2. The van der Waals surface area contributed by atoms with Crippen molar-refractivity contribution in [3.8, 4) is 0 Å². The van der Waals surface area contributed by atoms with E-state index in [9.17, 15) is 4.39 Å². The van der Waals surface area contributed by atoms with Gasteiger partial charge in [0.05, 0.1) is 11.1 Å². The Kier molecular flexibility index (Phi) is 4.70. The quantitative estimate of drug-likeness (QED) is 0.833. The molecule has 2 rings (SSSR count). The lowest BCUT2D eigenvalue weighted by Crippen LogP contribution is -2.19. The molecule has 21 heavy (non-hydrogen) atoms. The van der Waals surface area contributed by atoms with Crippen LogP contribution < -0.4 is 5.32 Å². The van der Waals surface area contributed by atoms with E-state index in [1.807, 2.05) is 19.2 Å². The van der Waals surface area contributed by atoms with E-state index >= 15 is 0 Å². The molecule has 1 unspecified atom stereocenters. The minimum atomic E-state index is -0.363. The molecule has 0 saturated carbocycles. The van der Waals surface area contributed by atoms with Gasteiger partial charge in [0.25, 0.3) is 0 Å². The highest BCUT2D eigenvalue weighted by Gasteiger charge is 2.19. The fourth-order valence-electron chi connectivity index (χ4n) is 2.42. The topological polar surface area (TPSA) is 12.0 Å². The minimum absolute atomic E-state index is 0.106. The summed E-state index contributed by atoms with van der Waals surface area (Å²) >= 11 is 5.88. The van der Waals surface area contributed by atoms with Crippen LogP contribution in [0.5, 0.6) is 0 Å². The van der Waals surface area contributed by atoms with Crippen LogP contribution in [0.3, 0.4) is 0 Å². The van der Waals surface area contributed by atoms with Gasteiger partial charge in [-0.1, -0.05) is 68.8 Å². The zero-order valence-electron chi connectivity index (χ0n) is 12.9. The number of nitrogens with one attached hydrogen (secondary N) is 1. The Balaban J connectivity index is 2.40. The summed E-state index contributed by atoms with van der Waals surface area (Å²) in [6.07, 6.45) is 0. The summed E-state index contributed by atoms with van der Waals surface area (Å²) in [5.74, 6) is -0.363. The van der Waals surface area contributed by atoms with Crippen LogP contribution in [-0.2, 0) is 5.41 Å². The van der Waals surface area contributed by atoms with E-state index in [-0.39, 0.29) is 22.3 Å². The molecule has 0 heterocycles. The zero-order chi connectivity index (χ0) is 15.6. The van der Waals surface area contributed by atoms with Crippen molar-refractivity contribution in [1.82, 2.24) is 5.32 Å². The van der Waals surface area contributed by atoms with Gasteiger partial charge in [-0.3, -0.25) is 0 Å². The third-order valence-electron chi connectivity index (χ3n) is 3.69. The molecule has 0 radical (unpaired) electrons. The molecule has 0 bridgehead atoms. The average Bonchev–Trinajstić information content (AvgIpc) is 2.44. The fourth-order valence-corrected chi connectivity index (χ4v) is 2.60. The van der Waals surface area contributed by atoms with Gasteiger partial charge in [0, 0.05) is 5.56 Å². The molecule has 1 nitrogen and oxygen atoms in total. The molecule has 1 N–H and O–H groups in total. The molecule has 0 aliphatic rings. The monoisotopic (exact) mass is 305 g/mol. The zero-order valence-corrected chi connectivity index (χ0v) is 13.6. The fraction of sp³-hybridized carbons (Fsp3) is 0.333. The van der Waals surface area contributed by atoms with Crippen LogP contribution in [0.2, 0.25) is 5.02 Å². The molecule has 0 aliphatic heterocycles. The smallest absolute Gasteiger partial charge is 0.146 e. The highest BCUT2D eigenvalue weighted by molar-refractivity contribution is 6.30. The predicted octanol–water partition coefficient (Wildman–Crippen LogP) is 5.09. The van der Waals surface area contributed by atoms with E-state index in [2.05, 4.69) is 38.2 Å². The molecule has 112 valence electrons. The van der Waals surface area contributed by atoms with Crippen LogP contribution >= 0.6 is 11.6 Å². The van der Waals surface area contributed by atoms with E-state index in [0.717, 1.165) is 5.56 Å². The minimum Gasteiger partial charge on any atom is -0.309 e. The Labute approximate surface area is 131 Å². The molecular weight excluding hydrogens is 285 g/mol. The van der Waals surface area contributed by atoms with E-state index in [4.69, 9.17) is 11.6 Å². The van der Waals surface area contributed by atoms with Gasteiger partial charge in [-0.2, -0.15) is 0 Å². The third-order valence-corrected chi connectivity index (χ3v) is 3.98. The van der Waals surface area contributed by atoms with Crippen molar-refractivity contribution in [2.24, 2.45) is 0 Å². The summed E-state index contributed by atoms with van der Waals surface area (Å²) in [7, 11) is 1.82. The van der Waals surface area contributed by atoms with Crippen molar-refractivity contribution in [2.75, 3.05) is 7.05 Å². The predicted molar refractivity (Wildman–Crippen MR) is 87.5 cm³/mol. The maximum atomic E-state index is 14.2. The van der Waals surface area contributed by atoms with Crippen molar-refractivity contribution in [3.05, 3.63) is 70.0 Å². The number of rotatable bonds is 3. The molecular formula is C18H21ClFN. The van der Waals surface area contributed by atoms with Gasteiger partial charge in [-0.15, -0.1) is 0 Å². The summed E-state index contributed by atoms with van der Waals surface area (Å²) in [5, 5.41) is 3.31. The van der Waals surface area contributed by atoms with Crippen molar-refractivity contribution in [2.45, 2.75) is 32.2 Å². The summed E-state index contributed by atoms with van der Waals surface area (Å²) in [4.78, 5) is 0. The Morgan fingerprint density at radius 2 is 1.67 bits per heavy atom. The van der Waals surface area contributed by atoms with Crippen LogP contribution in [0, 0.1) is 5.82 Å². The van der Waals surface area contributed by atoms with Gasteiger partial charge in [0.15, 0.2) is 0 Å². The summed E-state index contributed by atoms with van der Waals surface area (Å²) in [6.45, 7) is 6.52. The molecule has 0 fully saturated rings. The molecule has 0 spiro atoms. The van der Waals surface area contributed by atoms with Gasteiger partial charge in [-0.25, -0.2) is 4.39 Å². The largest absolute Gasteiger partial charge is 0.309 e. The van der Waals surface area contributed by atoms with E-state index in [1.165, 1.54) is 5.56 Å². The van der Waals surface area contributed by atoms with Gasteiger partial charge >= 0.3 is 0 Å². The van der Waals surface area contributed by atoms with Crippen LogP contribution in [0.25, 0.3) is 0 Å². The lowest BCUT2D eigenvalue weighted by Gasteiger charge is -2.22. The summed E-state index contributed by atoms with van der Waals surface area (Å²) in [6, 6.07) is 13.2. The highest BCUT2D eigenvalue weighted by atomic mass is 35.5. The average molecular weight is 306 g/mol. The first kappa shape index (κ1) is 16.0. The Morgan fingerprint density at radius 3 is 2.19 bits per heavy atom. The first-order valence-electron chi connectivity index (χ1n) is 7.06. The van der Waals surface area contributed by atoms with Crippen molar-refractivity contribution >= 4 is 11.6 Å². The second kappa shape index (κ2) is 6.17. The van der Waals surface area contributed by atoms with Gasteiger partial charge in [0.2, 0.25) is 0 Å². The number of halogens is 2. The van der Waals surface area contributed by atoms with Gasteiger partial charge in [-0.05, 0) is 29.7 Å². The lowest BCUT2D eigenvalue weighted by molar-refractivity contribution is 0.574. The van der Waals surface area contributed by atoms with Gasteiger partial charge < -0.3 is 5.32 Å². The molecule has 1 atom stereocenters. The molecule has 0 amide bonds. The van der Waals surface area contributed by atoms with Crippen LogP contribution in [-0.4, -0.2) is 7.05 Å². The Morgan fingerprint density at radius 1 is 1.05 bits per heavy atom. The van der Waals surface area contributed by atoms with Gasteiger partial charge in [0.1, 0.15) is 5.82 Å². The molecule has 2 aromatic carbocycles. The lowest BCUT2D eigenvalue weighted by atomic mass is 9.86. The van der Waals surface area contributed by atoms with Crippen molar-refractivity contribution in [3.63, 3.8) is 0 Å². The molecule has 0 aromatic heterocycles. The molecule has 3 heteroatoms. The standard InChI is InChI=1S/C18H21ClFN/c1-18(2,3)13-10-8-12(9-11-13)17(21-4)14-6-5-7-15(19)16(14)20/h5-11,17,21H,1-4H3. The van der Waals surface area contributed by atoms with Crippen LogP contribution in [0.4, 0.5) is 4.39 Å². The first-order valence-corrected chi connectivity index (χ1v) is 7.44. The highest BCUT2D eigenvalue weighted by Crippen LogP contribution is 2.29. The second-order valence-corrected chi connectivity index (χ2v) is 6.64. The Hall–Kier alpha value is -1.38. The normalized spacial score (nSPS) is 13.2. The second-order valence-electron chi connectivity index (χ2n) is 6.24. The number of hydrogen-bond donors (Lipinski definition) is 1. The summed E-state index contributed by atoms with van der Waals surface area (Å²) in [5.41, 5.74) is 2.95. The number of benzene rings is 2. The van der Waals surface area contributed by atoms with Crippen LogP contribution in [0.1, 0.15) is 43.5 Å². The SMILES string of the molecule is CNC(c1ccc(C(C)(C)C)cc1)c1cccc(Cl)c1F. The van der Waals surface area contributed by atoms with E-state index < -0.39 is 0 Å². The molecule has 0 saturated heterocycles. The van der Waals surface area contributed by atoms with Crippen molar-refractivity contribution < 1.29 is 4.39 Å². The third kappa shape index (κ3) is 3.45. The van der Waals surface area contributed by atoms with E-state index in [0.29, 0.717) is 5.56 Å².